The molecule has 0 nitrogen and oxygen atoms in total. The number of rotatable bonds is 0. The lowest BCUT2D eigenvalue weighted by atomic mass is 9.82. The van der Waals surface area contributed by atoms with Gasteiger partial charge in [-0.05, 0) is 43.4 Å². The molecule has 0 aromatic carbocycles. The van der Waals surface area contributed by atoms with E-state index in [1.54, 1.807) is 0 Å². The van der Waals surface area contributed by atoms with Crippen LogP contribution < -0.4 is 0 Å². The number of fused-ring (bicyclic) bond motifs is 1. The molecule has 2 fully saturated rings. The number of hydrogen-bond donors (Lipinski definition) is 0. The molecule has 0 heteroatoms. The maximum absolute atomic E-state index is 2.41. The van der Waals surface area contributed by atoms with E-state index in [0.717, 1.165) is 11.8 Å². The first-order valence-corrected chi connectivity index (χ1v) is 4.71. The van der Waals surface area contributed by atoms with Crippen molar-refractivity contribution in [2.75, 3.05) is 0 Å². The highest BCUT2D eigenvalue weighted by atomic mass is 14.4. The molecule has 0 aliphatic heterocycles. The Balaban J connectivity index is 1.97. The molecular formula is C10H17. The monoisotopic (exact) mass is 137 g/mol. The average molecular weight is 137 g/mol. The van der Waals surface area contributed by atoms with Crippen molar-refractivity contribution in [2.45, 2.75) is 45.4 Å². The molecule has 0 amide bonds. The highest BCUT2D eigenvalue weighted by molar-refractivity contribution is 5.05. The van der Waals surface area contributed by atoms with Crippen molar-refractivity contribution in [3.05, 3.63) is 5.92 Å². The zero-order valence-electron chi connectivity index (χ0n) is 6.90. The van der Waals surface area contributed by atoms with Crippen LogP contribution in [0.4, 0.5) is 0 Å². The molecule has 2 aliphatic rings. The molecule has 0 aromatic heterocycles. The van der Waals surface area contributed by atoms with Gasteiger partial charge in [0.25, 0.3) is 0 Å². The molecule has 2 unspecified atom stereocenters. The van der Waals surface area contributed by atoms with E-state index >= 15 is 0 Å². The van der Waals surface area contributed by atoms with Crippen LogP contribution in [0.3, 0.4) is 0 Å². The first kappa shape index (κ1) is 6.69. The summed E-state index contributed by atoms with van der Waals surface area (Å²) >= 11 is 0. The van der Waals surface area contributed by atoms with E-state index in [2.05, 4.69) is 6.92 Å². The topological polar surface area (TPSA) is 0 Å². The Morgan fingerprint density at radius 2 is 2.20 bits per heavy atom. The van der Waals surface area contributed by atoms with Gasteiger partial charge in [-0.2, -0.15) is 0 Å². The molecule has 1 radical (unpaired) electrons. The third-order valence-corrected chi connectivity index (χ3v) is 3.18. The Kier molecular flexibility index (Phi) is 1.71. The number of hydrogen-bond acceptors (Lipinski definition) is 0. The predicted octanol–water partition coefficient (Wildman–Crippen LogP) is 3.18. The third kappa shape index (κ3) is 1.09. The second-order valence-electron chi connectivity index (χ2n) is 4.15. The van der Waals surface area contributed by atoms with Crippen molar-refractivity contribution in [1.29, 1.82) is 0 Å². The van der Waals surface area contributed by atoms with Gasteiger partial charge >= 0.3 is 0 Å². The van der Waals surface area contributed by atoms with Crippen molar-refractivity contribution in [2.24, 2.45) is 11.8 Å². The first-order valence-electron chi connectivity index (χ1n) is 4.71. The van der Waals surface area contributed by atoms with E-state index in [9.17, 15) is 0 Å². The quantitative estimate of drug-likeness (QED) is 0.481. The molecular weight excluding hydrogens is 120 g/mol. The molecule has 0 heterocycles. The summed E-state index contributed by atoms with van der Waals surface area (Å²) in [7, 11) is 0. The molecule has 0 aromatic rings. The summed E-state index contributed by atoms with van der Waals surface area (Å²) in [4.78, 5) is 0. The van der Waals surface area contributed by atoms with Gasteiger partial charge < -0.3 is 0 Å². The maximum Gasteiger partial charge on any atom is -0.0207 e. The van der Waals surface area contributed by atoms with Crippen LogP contribution in [0.25, 0.3) is 0 Å². The summed E-state index contributed by atoms with van der Waals surface area (Å²) in [5.74, 6) is 3.99. The van der Waals surface area contributed by atoms with Gasteiger partial charge in [0.1, 0.15) is 0 Å². The van der Waals surface area contributed by atoms with Crippen LogP contribution in [-0.4, -0.2) is 0 Å². The van der Waals surface area contributed by atoms with Crippen LogP contribution in [0.1, 0.15) is 45.4 Å². The molecule has 0 bridgehead atoms. The molecule has 0 spiro atoms. The van der Waals surface area contributed by atoms with Gasteiger partial charge in [-0.1, -0.05) is 19.8 Å². The SMILES string of the molecule is CC1C[C]2CCCCC2C1. The molecule has 0 saturated heterocycles. The Morgan fingerprint density at radius 1 is 1.30 bits per heavy atom. The van der Waals surface area contributed by atoms with Gasteiger partial charge in [0, 0.05) is 0 Å². The average Bonchev–Trinajstić information content (AvgIpc) is 2.27. The summed E-state index contributed by atoms with van der Waals surface area (Å²) in [6, 6.07) is 0. The zero-order valence-corrected chi connectivity index (χ0v) is 6.90. The molecule has 0 N–H and O–H groups in total. The van der Waals surface area contributed by atoms with Gasteiger partial charge in [-0.3, -0.25) is 0 Å². The first-order chi connectivity index (χ1) is 4.86. The molecule has 2 aliphatic carbocycles. The molecule has 57 valence electrons. The minimum Gasteiger partial charge on any atom is -0.0625 e. The van der Waals surface area contributed by atoms with E-state index in [4.69, 9.17) is 0 Å². The lowest BCUT2D eigenvalue weighted by Crippen LogP contribution is -2.10. The summed E-state index contributed by atoms with van der Waals surface area (Å²) in [6.45, 7) is 2.41. The van der Waals surface area contributed by atoms with Gasteiger partial charge in [-0.15, -0.1) is 0 Å². The Bertz CT molecular complexity index is 103. The van der Waals surface area contributed by atoms with E-state index in [0.29, 0.717) is 0 Å². The van der Waals surface area contributed by atoms with Crippen LogP contribution in [0.5, 0.6) is 0 Å². The highest BCUT2D eigenvalue weighted by Gasteiger charge is 2.33. The largest absolute Gasteiger partial charge is 0.0625 e. The van der Waals surface area contributed by atoms with Crippen molar-refractivity contribution < 1.29 is 0 Å². The summed E-state index contributed by atoms with van der Waals surface area (Å²) < 4.78 is 0. The van der Waals surface area contributed by atoms with E-state index < -0.39 is 0 Å². The standard InChI is InChI=1S/C10H17/c1-8-6-9-4-2-3-5-10(9)7-8/h8-9H,2-7H2,1H3. The fraction of sp³-hybridized carbons (Fsp3) is 0.900. The molecule has 2 atom stereocenters. The molecule has 2 saturated carbocycles. The lowest BCUT2D eigenvalue weighted by Gasteiger charge is -2.23. The Hall–Kier alpha value is 0. The summed E-state index contributed by atoms with van der Waals surface area (Å²) in [5, 5.41) is 0. The second-order valence-corrected chi connectivity index (χ2v) is 4.15. The fourth-order valence-electron chi connectivity index (χ4n) is 2.72. The van der Waals surface area contributed by atoms with Gasteiger partial charge in [0.05, 0.1) is 0 Å². The van der Waals surface area contributed by atoms with Crippen LogP contribution in [0.15, 0.2) is 0 Å². The van der Waals surface area contributed by atoms with Crippen LogP contribution in [0, 0.1) is 17.8 Å². The maximum atomic E-state index is 2.41. The van der Waals surface area contributed by atoms with Crippen molar-refractivity contribution in [1.82, 2.24) is 0 Å². The van der Waals surface area contributed by atoms with Crippen LogP contribution in [-0.2, 0) is 0 Å². The third-order valence-electron chi connectivity index (χ3n) is 3.18. The second kappa shape index (κ2) is 2.56. The lowest BCUT2D eigenvalue weighted by molar-refractivity contribution is 0.411. The van der Waals surface area contributed by atoms with E-state index in [-0.39, 0.29) is 0 Å². The smallest absolute Gasteiger partial charge is 0.0207 e. The Labute approximate surface area is 64.0 Å². The van der Waals surface area contributed by atoms with Crippen LogP contribution >= 0.6 is 0 Å². The van der Waals surface area contributed by atoms with Gasteiger partial charge in [-0.25, -0.2) is 0 Å². The predicted molar refractivity (Wildman–Crippen MR) is 43.6 cm³/mol. The van der Waals surface area contributed by atoms with Gasteiger partial charge in [0.15, 0.2) is 0 Å². The van der Waals surface area contributed by atoms with Crippen LogP contribution in [0.2, 0.25) is 0 Å². The van der Waals surface area contributed by atoms with E-state index in [1.807, 2.05) is 5.92 Å². The zero-order chi connectivity index (χ0) is 6.97. The van der Waals surface area contributed by atoms with Crippen molar-refractivity contribution in [3.63, 3.8) is 0 Å². The fourth-order valence-corrected chi connectivity index (χ4v) is 2.72. The normalized spacial score (nSPS) is 41.7. The molecule has 10 heavy (non-hydrogen) atoms. The van der Waals surface area contributed by atoms with Gasteiger partial charge in [0.2, 0.25) is 0 Å². The molecule has 2 rings (SSSR count). The van der Waals surface area contributed by atoms with Crippen molar-refractivity contribution in [3.8, 4) is 0 Å². The highest BCUT2D eigenvalue weighted by Crippen LogP contribution is 2.46. The minimum atomic E-state index is 1.01. The van der Waals surface area contributed by atoms with E-state index in [1.165, 1.54) is 38.5 Å². The Morgan fingerprint density at radius 3 is 3.00 bits per heavy atom. The summed E-state index contributed by atoms with van der Waals surface area (Å²) in [5.41, 5.74) is 0. The van der Waals surface area contributed by atoms with Crippen molar-refractivity contribution >= 4 is 0 Å². The summed E-state index contributed by atoms with van der Waals surface area (Å²) in [6.07, 6.45) is 8.94. The minimum absolute atomic E-state index is 1.01.